The summed E-state index contributed by atoms with van der Waals surface area (Å²) < 4.78 is 33.5. The topological polar surface area (TPSA) is 57.1 Å². The van der Waals surface area contributed by atoms with Crippen LogP contribution in [-0.4, -0.2) is 45.3 Å². The molecule has 3 rings (SSSR count). The molecule has 0 aliphatic heterocycles. The van der Waals surface area contributed by atoms with Crippen molar-refractivity contribution in [1.82, 2.24) is 23.7 Å². The molecule has 0 aliphatic rings. The molecule has 0 spiro atoms. The number of halogens is 2. The van der Waals surface area contributed by atoms with Gasteiger partial charge in [0.05, 0.1) is 17.5 Å². The maximum Gasteiger partial charge on any atom is 0.267 e. The van der Waals surface area contributed by atoms with Crippen LogP contribution in [0.3, 0.4) is 0 Å². The molecule has 0 saturated heterocycles. The summed E-state index contributed by atoms with van der Waals surface area (Å²) in [6.45, 7) is 7.49. The van der Waals surface area contributed by atoms with Gasteiger partial charge in [-0.2, -0.15) is 5.10 Å². The molecule has 3 aromatic rings. The van der Waals surface area contributed by atoms with E-state index in [1.165, 1.54) is 44.1 Å². The lowest BCUT2D eigenvalue weighted by molar-refractivity contribution is -0.0344. The van der Waals surface area contributed by atoms with Crippen molar-refractivity contribution in [2.75, 3.05) is 0 Å². The maximum atomic E-state index is 14.4. The summed E-state index contributed by atoms with van der Waals surface area (Å²) in [7, 11) is 2.99. The van der Waals surface area contributed by atoms with Crippen LogP contribution in [0.1, 0.15) is 31.7 Å². The summed E-state index contributed by atoms with van der Waals surface area (Å²) in [6, 6.07) is 0. The first-order valence-electron chi connectivity index (χ1n) is 9.46. The molecular weight excluding hydrogens is 362 g/mol. The highest BCUT2D eigenvalue weighted by atomic mass is 19.3. The van der Waals surface area contributed by atoms with E-state index in [0.29, 0.717) is 22.6 Å². The summed E-state index contributed by atoms with van der Waals surface area (Å²) in [5, 5.41) is 2.88. The molecule has 10 heteroatoms. The Hall–Kier alpha value is -2.38. The fourth-order valence-electron chi connectivity index (χ4n) is 3.20. The zero-order valence-electron chi connectivity index (χ0n) is 17.3. The number of hydrogen-bond donors (Lipinski definition) is 0. The molecule has 0 amide bonds. The predicted octanol–water partition coefficient (Wildman–Crippen LogP) is 1.42. The van der Waals surface area contributed by atoms with Crippen LogP contribution < -0.4 is 5.56 Å². The van der Waals surface area contributed by atoms with Crippen LogP contribution in [0.4, 0.5) is 8.78 Å². The molecule has 0 aliphatic carbocycles. The van der Waals surface area contributed by atoms with Gasteiger partial charge < -0.3 is 4.57 Å². The van der Waals surface area contributed by atoms with Gasteiger partial charge in [0.15, 0.2) is 0 Å². The summed E-state index contributed by atoms with van der Waals surface area (Å²) in [5.41, 5.74) is 2.17. The van der Waals surface area contributed by atoms with Crippen LogP contribution in [0.25, 0.3) is 16.9 Å². The fraction of sp³-hybridized carbons (Fsp3) is 0.500. The van der Waals surface area contributed by atoms with Crippen molar-refractivity contribution in [3.63, 3.8) is 0 Å². The number of imidazole rings is 1. The Bertz CT molecular complexity index is 1080. The quantitative estimate of drug-likeness (QED) is 0.602. The molecule has 0 saturated carbocycles. The minimum atomic E-state index is -2.93. The lowest BCUT2D eigenvalue weighted by Gasteiger charge is -2.30. The Morgan fingerprint density at radius 2 is 1.89 bits per heavy atom. The summed E-state index contributed by atoms with van der Waals surface area (Å²) in [6.07, 6.45) is 5.64. The van der Waals surface area contributed by atoms with Gasteiger partial charge in [-0.3, -0.25) is 13.9 Å². The monoisotopic (exact) mass is 387 g/mol. The van der Waals surface area contributed by atoms with Gasteiger partial charge in [0, 0.05) is 30.2 Å². The minimum absolute atomic E-state index is 0.220. The smallest absolute Gasteiger partial charge is 0.267 e. The third-order valence-electron chi connectivity index (χ3n) is 5.09. The van der Waals surface area contributed by atoms with Crippen molar-refractivity contribution in [1.29, 1.82) is 0 Å². The van der Waals surface area contributed by atoms with E-state index in [1.54, 1.807) is 13.1 Å². The number of fused-ring (bicyclic) bond motifs is 1. The van der Waals surface area contributed by atoms with Crippen molar-refractivity contribution in [2.45, 2.75) is 58.3 Å². The Kier molecular flexibility index (Phi) is 5.02. The largest absolute Gasteiger partial charge is 0.314 e. The van der Waals surface area contributed by atoms with E-state index in [1.807, 2.05) is 11.5 Å². The number of aryl methyl sites for hydroxylation is 3. The highest BCUT2D eigenvalue weighted by molar-refractivity contribution is 6.40. The average molecular weight is 387 g/mol. The van der Waals surface area contributed by atoms with Gasteiger partial charge in [0.25, 0.3) is 11.5 Å². The second-order valence-corrected chi connectivity index (χ2v) is 8.35. The van der Waals surface area contributed by atoms with Gasteiger partial charge in [0.1, 0.15) is 22.2 Å². The molecule has 3 aromatic heterocycles. The fourth-order valence-corrected chi connectivity index (χ4v) is 3.20. The number of aromatic nitrogens is 5. The normalized spacial score (nSPS) is 12.8. The molecule has 6 nitrogen and oxygen atoms in total. The summed E-state index contributed by atoms with van der Waals surface area (Å²) in [5.74, 6) is -2.34. The van der Waals surface area contributed by atoms with Gasteiger partial charge in [-0.1, -0.05) is 13.8 Å². The highest BCUT2D eigenvalue weighted by Gasteiger charge is 2.43. The Labute approximate surface area is 164 Å². The van der Waals surface area contributed by atoms with E-state index in [4.69, 9.17) is 0 Å². The first-order valence-corrected chi connectivity index (χ1v) is 9.46. The first kappa shape index (κ1) is 20.4. The van der Waals surface area contributed by atoms with Crippen molar-refractivity contribution in [3.8, 4) is 11.1 Å². The van der Waals surface area contributed by atoms with E-state index in [0.717, 1.165) is 18.7 Å². The zero-order valence-corrected chi connectivity index (χ0v) is 17.3. The summed E-state index contributed by atoms with van der Waals surface area (Å²) in [4.78, 5) is 17.7. The molecule has 0 bridgehead atoms. The van der Waals surface area contributed by atoms with Crippen molar-refractivity contribution < 1.29 is 8.78 Å². The van der Waals surface area contributed by atoms with Crippen LogP contribution >= 0.6 is 0 Å². The van der Waals surface area contributed by atoms with E-state index in [-0.39, 0.29) is 5.56 Å². The van der Waals surface area contributed by atoms with Crippen LogP contribution in [0, 0.1) is 13.8 Å². The maximum absolute atomic E-state index is 14.4. The van der Waals surface area contributed by atoms with E-state index >= 15 is 0 Å². The molecular formula is C18H25B2F2N5O. The van der Waals surface area contributed by atoms with Crippen molar-refractivity contribution in [2.24, 2.45) is 0 Å². The predicted molar refractivity (Wildman–Crippen MR) is 111 cm³/mol. The SMILES string of the molecule is BC(B)(C)C(F)(F)Cn1cc(-c2c(C)nc3n(CCC)c(C)cn3c2=O)cn1. The number of alkyl halides is 2. The second kappa shape index (κ2) is 6.90. The van der Waals surface area contributed by atoms with E-state index in [2.05, 4.69) is 17.0 Å². The average Bonchev–Trinajstić information content (AvgIpc) is 3.13. The van der Waals surface area contributed by atoms with Crippen LogP contribution in [-0.2, 0) is 13.1 Å². The van der Waals surface area contributed by atoms with Crippen LogP contribution in [0.15, 0.2) is 23.4 Å². The van der Waals surface area contributed by atoms with E-state index in [9.17, 15) is 13.6 Å². The Balaban J connectivity index is 2.06. The molecule has 28 heavy (non-hydrogen) atoms. The van der Waals surface area contributed by atoms with Gasteiger partial charge >= 0.3 is 0 Å². The van der Waals surface area contributed by atoms with Crippen molar-refractivity contribution >= 4 is 21.5 Å². The van der Waals surface area contributed by atoms with Crippen LogP contribution in [0.2, 0.25) is 5.21 Å². The Morgan fingerprint density at radius 1 is 1.21 bits per heavy atom. The van der Waals surface area contributed by atoms with Gasteiger partial charge in [0.2, 0.25) is 5.78 Å². The molecule has 0 fully saturated rings. The lowest BCUT2D eigenvalue weighted by Crippen LogP contribution is -2.38. The Morgan fingerprint density at radius 3 is 2.50 bits per heavy atom. The zero-order chi connectivity index (χ0) is 20.9. The van der Waals surface area contributed by atoms with Crippen molar-refractivity contribution in [3.05, 3.63) is 40.3 Å². The van der Waals surface area contributed by atoms with Crippen LogP contribution in [0.5, 0.6) is 0 Å². The molecule has 0 N–H and O–H groups in total. The lowest BCUT2D eigenvalue weighted by atomic mass is 9.52. The molecule has 0 radical (unpaired) electrons. The minimum Gasteiger partial charge on any atom is -0.314 e. The molecule has 0 atom stereocenters. The van der Waals surface area contributed by atoms with Gasteiger partial charge in [-0.05, 0) is 25.5 Å². The number of nitrogens with zero attached hydrogens (tertiary/aromatic N) is 5. The molecule has 0 unspecified atom stereocenters. The standard InChI is InChI=1S/C18H25B2F2N5O/c1-5-6-26-11(2)8-27-15(28)14(12(3)24-16(26)27)13-7-23-25(9-13)10-18(21,22)17(4,19)20/h7-9H,5-6,10,19-20H2,1-4H3. The first-order chi connectivity index (χ1) is 13.0. The number of rotatable bonds is 6. The second-order valence-electron chi connectivity index (χ2n) is 8.35. The molecule has 148 valence electrons. The molecule has 0 aromatic carbocycles. The van der Waals surface area contributed by atoms with E-state index < -0.39 is 17.7 Å². The third kappa shape index (κ3) is 3.40. The summed E-state index contributed by atoms with van der Waals surface area (Å²) >= 11 is 0. The highest BCUT2D eigenvalue weighted by Crippen LogP contribution is 2.38. The van der Waals surface area contributed by atoms with Gasteiger partial charge in [-0.25, -0.2) is 13.8 Å². The third-order valence-corrected chi connectivity index (χ3v) is 5.09. The molecule has 3 heterocycles. The van der Waals surface area contributed by atoms with Gasteiger partial charge in [-0.15, -0.1) is 0 Å². The number of hydrogen-bond acceptors (Lipinski definition) is 3.